The first-order valence-corrected chi connectivity index (χ1v) is 6.10. The summed E-state index contributed by atoms with van der Waals surface area (Å²) in [5, 5.41) is 23.8. The van der Waals surface area contributed by atoms with Gasteiger partial charge in [-0.1, -0.05) is 30.3 Å². The first kappa shape index (κ1) is 15.7. The largest absolute Gasteiger partial charge is 0.550 e. The number of amides is 1. The van der Waals surface area contributed by atoms with Gasteiger partial charge in [0.2, 0.25) is 5.91 Å². The highest BCUT2D eigenvalue weighted by atomic mass is 16.4. The highest BCUT2D eigenvalue weighted by Gasteiger charge is 2.27. The van der Waals surface area contributed by atoms with E-state index in [1.807, 2.05) is 0 Å². The molecule has 1 rings (SSSR count). The van der Waals surface area contributed by atoms with E-state index >= 15 is 0 Å². The third-order valence-corrected chi connectivity index (χ3v) is 2.90. The molecular formula is C14H15NO5-2. The lowest BCUT2D eigenvalue weighted by atomic mass is 9.95. The van der Waals surface area contributed by atoms with E-state index in [9.17, 15) is 24.6 Å². The van der Waals surface area contributed by atoms with Gasteiger partial charge >= 0.3 is 0 Å². The second-order valence-corrected chi connectivity index (χ2v) is 4.70. The maximum atomic E-state index is 11.8. The Morgan fingerprint density at radius 1 is 1.15 bits per heavy atom. The van der Waals surface area contributed by atoms with E-state index in [1.165, 1.54) is 6.92 Å². The number of benzene rings is 1. The van der Waals surface area contributed by atoms with Gasteiger partial charge in [0.25, 0.3) is 0 Å². The zero-order chi connectivity index (χ0) is 15.2. The number of carboxylic acid groups (broad SMARTS) is 2. The van der Waals surface area contributed by atoms with Gasteiger partial charge in [0.15, 0.2) is 0 Å². The molecule has 1 amide bonds. The van der Waals surface area contributed by atoms with Gasteiger partial charge < -0.3 is 25.1 Å². The van der Waals surface area contributed by atoms with Gasteiger partial charge in [-0.05, 0) is 25.3 Å². The summed E-state index contributed by atoms with van der Waals surface area (Å²) in [6, 6.07) is 8.79. The molecule has 0 aliphatic carbocycles. The van der Waals surface area contributed by atoms with Crippen LogP contribution >= 0.6 is 0 Å². The second kappa shape index (κ2) is 6.70. The van der Waals surface area contributed by atoms with Gasteiger partial charge in [0, 0.05) is 5.97 Å². The molecule has 6 nitrogen and oxygen atoms in total. The monoisotopic (exact) mass is 277 g/mol. The van der Waals surface area contributed by atoms with Crippen LogP contribution in [0.1, 0.15) is 25.3 Å². The molecule has 1 N–H and O–H groups in total. The van der Waals surface area contributed by atoms with Crippen molar-refractivity contribution in [2.45, 2.75) is 31.7 Å². The Morgan fingerprint density at radius 3 is 2.25 bits per heavy atom. The highest BCUT2D eigenvalue weighted by molar-refractivity contribution is 5.87. The molecule has 0 bridgehead atoms. The molecule has 0 unspecified atom stereocenters. The fourth-order valence-electron chi connectivity index (χ4n) is 1.70. The minimum atomic E-state index is -1.73. The molecule has 108 valence electrons. The van der Waals surface area contributed by atoms with Crippen LogP contribution in [0.3, 0.4) is 0 Å². The first-order valence-electron chi connectivity index (χ1n) is 6.10. The van der Waals surface area contributed by atoms with E-state index in [0.717, 1.165) is 5.56 Å². The Morgan fingerprint density at radius 2 is 1.75 bits per heavy atom. The normalized spacial score (nSPS) is 13.2. The maximum absolute atomic E-state index is 11.8. The van der Waals surface area contributed by atoms with Gasteiger partial charge in [-0.3, -0.25) is 4.79 Å². The molecule has 20 heavy (non-hydrogen) atoms. The summed E-state index contributed by atoms with van der Waals surface area (Å²) in [4.78, 5) is 33.3. The molecule has 0 saturated heterocycles. The lowest BCUT2D eigenvalue weighted by Gasteiger charge is -2.32. The van der Waals surface area contributed by atoms with Crippen molar-refractivity contribution in [3.63, 3.8) is 0 Å². The van der Waals surface area contributed by atoms with Gasteiger partial charge in [-0.2, -0.15) is 0 Å². The maximum Gasteiger partial charge on any atom is 0.225 e. The molecule has 1 aromatic carbocycles. The molecule has 0 aromatic heterocycles. The summed E-state index contributed by atoms with van der Waals surface area (Å²) in [6.45, 7) is 1.22. The van der Waals surface area contributed by atoms with Crippen LogP contribution in [-0.2, 0) is 20.8 Å². The molecular weight excluding hydrogens is 262 g/mol. The fourth-order valence-corrected chi connectivity index (χ4v) is 1.70. The minimum absolute atomic E-state index is 0.00896. The standard InChI is InChI=1S/C14H17NO5/c1-14(13(19)20,8-7-12(17)18)15-11(16)9-10-5-3-2-4-6-10/h2-6H,7-9H2,1H3,(H,15,16)(H,17,18)(H,19,20)/p-2/t14-/m0/s1. The van der Waals surface area contributed by atoms with Gasteiger partial charge in [0.1, 0.15) is 0 Å². The molecule has 0 aliphatic rings. The van der Waals surface area contributed by atoms with Crippen molar-refractivity contribution in [1.82, 2.24) is 5.32 Å². The van der Waals surface area contributed by atoms with Crippen molar-refractivity contribution in [3.8, 4) is 0 Å². The Kier molecular flexibility index (Phi) is 5.25. The zero-order valence-electron chi connectivity index (χ0n) is 11.0. The van der Waals surface area contributed by atoms with E-state index in [0.29, 0.717) is 0 Å². The zero-order valence-corrected chi connectivity index (χ0v) is 11.0. The van der Waals surface area contributed by atoms with Crippen molar-refractivity contribution in [2.24, 2.45) is 0 Å². The second-order valence-electron chi connectivity index (χ2n) is 4.70. The molecule has 0 spiro atoms. The summed E-state index contributed by atoms with van der Waals surface area (Å²) in [5.41, 5.74) is -1.00. The molecule has 0 radical (unpaired) electrons. The van der Waals surface area contributed by atoms with Crippen LogP contribution in [0.15, 0.2) is 30.3 Å². The van der Waals surface area contributed by atoms with E-state index in [4.69, 9.17) is 0 Å². The first-order chi connectivity index (χ1) is 9.33. The SMILES string of the molecule is C[C@@](CCC(=O)[O-])(NC(=O)Cc1ccccc1)C(=O)[O-]. The number of rotatable bonds is 7. The van der Waals surface area contributed by atoms with Crippen LogP contribution in [0.2, 0.25) is 0 Å². The summed E-state index contributed by atoms with van der Waals surface area (Å²) >= 11 is 0. The number of carboxylic acids is 2. The Balaban J connectivity index is 2.68. The Labute approximate surface area is 116 Å². The number of hydrogen-bond acceptors (Lipinski definition) is 5. The van der Waals surface area contributed by atoms with Crippen LogP contribution in [-0.4, -0.2) is 23.4 Å². The number of aliphatic carboxylic acids is 2. The van der Waals surface area contributed by atoms with E-state index < -0.39 is 29.8 Å². The molecule has 0 fully saturated rings. The molecule has 6 heteroatoms. The minimum Gasteiger partial charge on any atom is -0.550 e. The number of carbonyl (C=O) groups is 3. The summed E-state index contributed by atoms with van der Waals surface area (Å²) < 4.78 is 0. The predicted molar refractivity (Wildman–Crippen MR) is 65.9 cm³/mol. The average Bonchev–Trinajstić information content (AvgIpc) is 2.37. The number of hydrogen-bond donors (Lipinski definition) is 1. The molecule has 0 aliphatic heterocycles. The number of carbonyl (C=O) groups excluding carboxylic acids is 3. The van der Waals surface area contributed by atoms with Crippen molar-refractivity contribution in [2.75, 3.05) is 0 Å². The summed E-state index contributed by atoms with van der Waals surface area (Å²) in [6.07, 6.45) is -0.761. The van der Waals surface area contributed by atoms with Crippen LogP contribution in [0.25, 0.3) is 0 Å². The molecule has 0 saturated carbocycles. The smallest absolute Gasteiger partial charge is 0.225 e. The van der Waals surface area contributed by atoms with E-state index in [-0.39, 0.29) is 12.8 Å². The Bertz CT molecular complexity index is 500. The van der Waals surface area contributed by atoms with E-state index in [2.05, 4.69) is 5.32 Å². The van der Waals surface area contributed by atoms with Crippen molar-refractivity contribution >= 4 is 17.8 Å². The highest BCUT2D eigenvalue weighted by Crippen LogP contribution is 2.12. The molecule has 0 heterocycles. The quantitative estimate of drug-likeness (QED) is 0.644. The average molecular weight is 277 g/mol. The third-order valence-electron chi connectivity index (χ3n) is 2.90. The van der Waals surface area contributed by atoms with Crippen LogP contribution in [0, 0.1) is 0 Å². The molecule has 1 atom stereocenters. The van der Waals surface area contributed by atoms with Gasteiger partial charge in [-0.15, -0.1) is 0 Å². The topological polar surface area (TPSA) is 109 Å². The Hall–Kier alpha value is -2.37. The van der Waals surface area contributed by atoms with Gasteiger partial charge in [0.05, 0.1) is 17.9 Å². The van der Waals surface area contributed by atoms with E-state index in [1.54, 1.807) is 30.3 Å². The third kappa shape index (κ3) is 4.72. The van der Waals surface area contributed by atoms with Crippen LogP contribution < -0.4 is 15.5 Å². The predicted octanol–water partition coefficient (Wildman–Crippen LogP) is -1.62. The summed E-state index contributed by atoms with van der Waals surface area (Å²) in [5.74, 6) is -3.42. The van der Waals surface area contributed by atoms with Crippen molar-refractivity contribution < 1.29 is 24.6 Å². The lowest BCUT2D eigenvalue weighted by Crippen LogP contribution is -2.58. The summed E-state index contributed by atoms with van der Waals surface area (Å²) in [7, 11) is 0. The van der Waals surface area contributed by atoms with Crippen molar-refractivity contribution in [3.05, 3.63) is 35.9 Å². The van der Waals surface area contributed by atoms with Gasteiger partial charge in [-0.25, -0.2) is 0 Å². The molecule has 1 aromatic rings. The number of nitrogens with one attached hydrogen (secondary N) is 1. The lowest BCUT2D eigenvalue weighted by molar-refractivity contribution is -0.315. The van der Waals surface area contributed by atoms with Crippen molar-refractivity contribution in [1.29, 1.82) is 0 Å². The van der Waals surface area contributed by atoms with Crippen LogP contribution in [0.4, 0.5) is 0 Å². The van der Waals surface area contributed by atoms with Crippen LogP contribution in [0.5, 0.6) is 0 Å². The fraction of sp³-hybridized carbons (Fsp3) is 0.357.